The van der Waals surface area contributed by atoms with Crippen LogP contribution < -0.4 is 10.2 Å². The lowest BCUT2D eigenvalue weighted by atomic mass is 9.96. The standard InChI is InChI=1S/C26H26ClF2N7O7/c1-8(2)36(25-22(39)20(37)21(38)23(43-25)26(41)42)19-17(29)16(27)15(10-4-31-34-18(10)19)12-6-35-7-13(32-14(35)5-30-12)33-24(40)9-3-11(9)28/h4-9,11,20-23,25,37-39H,3H2,1-2H3,(H,31,34)(H,33,40)(H,41,42)/t9-,11+,20?,21?,22?,23?,25?/m1/s1. The van der Waals surface area contributed by atoms with Crippen LogP contribution in [-0.2, 0) is 14.3 Å². The molecule has 1 aromatic carbocycles. The summed E-state index contributed by atoms with van der Waals surface area (Å²) in [5.74, 6) is -3.59. The highest BCUT2D eigenvalue weighted by Gasteiger charge is 2.50. The lowest BCUT2D eigenvalue weighted by Gasteiger charge is -2.46. The predicted octanol–water partition coefficient (Wildman–Crippen LogP) is 1.47. The molecule has 0 bridgehead atoms. The summed E-state index contributed by atoms with van der Waals surface area (Å²) < 4.78 is 36.6. The molecule has 6 N–H and O–H groups in total. The van der Waals surface area contributed by atoms with Crippen LogP contribution >= 0.6 is 11.6 Å². The number of alkyl halides is 1. The molecule has 0 radical (unpaired) electrons. The molecule has 1 saturated heterocycles. The summed E-state index contributed by atoms with van der Waals surface area (Å²) in [7, 11) is 0. The number of aromatic nitrogens is 5. The van der Waals surface area contributed by atoms with Gasteiger partial charge in [-0.2, -0.15) is 5.10 Å². The SMILES string of the molecule is CC(C)N(c1c(F)c(Cl)c(-c2cn3cc(NC(=O)[C@@H]4C[C@@H]4F)nc3cn2)c2cn[nH]c12)C1OC(C(=O)O)C(O)C(O)C1O. The third kappa shape index (κ3) is 4.84. The van der Waals surface area contributed by atoms with Crippen LogP contribution in [0.3, 0.4) is 0 Å². The van der Waals surface area contributed by atoms with Gasteiger partial charge in [-0.3, -0.25) is 14.9 Å². The first-order chi connectivity index (χ1) is 20.4. The average molecular weight is 622 g/mol. The first-order valence-electron chi connectivity index (χ1n) is 13.2. The van der Waals surface area contributed by atoms with Crippen LogP contribution in [-0.4, -0.2) is 99.7 Å². The molecule has 1 saturated carbocycles. The van der Waals surface area contributed by atoms with Crippen molar-refractivity contribution in [2.45, 2.75) is 63.1 Å². The number of aromatic amines is 1. The number of fused-ring (bicyclic) bond motifs is 2. The highest BCUT2D eigenvalue weighted by molar-refractivity contribution is 6.36. The number of benzene rings is 1. The van der Waals surface area contributed by atoms with Crippen molar-refractivity contribution in [1.82, 2.24) is 24.6 Å². The molecule has 17 heteroatoms. The van der Waals surface area contributed by atoms with Gasteiger partial charge in [0.2, 0.25) is 5.91 Å². The number of carboxylic acids is 1. The van der Waals surface area contributed by atoms with Crippen molar-refractivity contribution in [2.24, 2.45) is 5.92 Å². The maximum absolute atomic E-state index is 16.3. The first kappa shape index (κ1) is 29.1. The molecule has 7 atom stereocenters. The number of imidazole rings is 1. The van der Waals surface area contributed by atoms with Gasteiger partial charge in [0.25, 0.3) is 0 Å². The number of halogens is 3. The van der Waals surface area contributed by atoms with E-state index in [0.717, 1.165) is 0 Å². The van der Waals surface area contributed by atoms with Gasteiger partial charge in [-0.25, -0.2) is 18.6 Å². The Morgan fingerprint density at radius 2 is 1.93 bits per heavy atom. The van der Waals surface area contributed by atoms with E-state index in [9.17, 15) is 34.4 Å². The smallest absolute Gasteiger partial charge is 0.335 e. The number of carboxylic acid groups (broad SMARTS) is 1. The molecular formula is C26H26ClF2N7O7. The van der Waals surface area contributed by atoms with E-state index in [4.69, 9.17) is 16.3 Å². The second-order valence-electron chi connectivity index (χ2n) is 10.8. The van der Waals surface area contributed by atoms with Crippen molar-refractivity contribution in [3.8, 4) is 11.3 Å². The zero-order valence-electron chi connectivity index (χ0n) is 22.5. The maximum Gasteiger partial charge on any atom is 0.335 e. The summed E-state index contributed by atoms with van der Waals surface area (Å²) in [6.07, 6.45) is -4.48. The van der Waals surface area contributed by atoms with Crippen LogP contribution in [0.5, 0.6) is 0 Å². The van der Waals surface area contributed by atoms with Gasteiger partial charge < -0.3 is 39.8 Å². The van der Waals surface area contributed by atoms with Gasteiger partial charge in [0.15, 0.2) is 29.6 Å². The van der Waals surface area contributed by atoms with E-state index >= 15 is 4.39 Å². The summed E-state index contributed by atoms with van der Waals surface area (Å²) in [4.78, 5) is 33.7. The fourth-order valence-corrected chi connectivity index (χ4v) is 5.60. The average Bonchev–Trinajstić information content (AvgIpc) is 3.30. The number of aliphatic carboxylic acids is 1. The third-order valence-corrected chi connectivity index (χ3v) is 7.94. The highest BCUT2D eigenvalue weighted by Crippen LogP contribution is 2.44. The summed E-state index contributed by atoms with van der Waals surface area (Å²) in [5.41, 5.74) is 0.544. The second-order valence-corrected chi connectivity index (χ2v) is 11.2. The van der Waals surface area contributed by atoms with E-state index in [0.29, 0.717) is 11.0 Å². The van der Waals surface area contributed by atoms with Crippen molar-refractivity contribution < 1.29 is 43.5 Å². The molecule has 1 amide bonds. The zero-order valence-corrected chi connectivity index (χ0v) is 23.3. The molecule has 5 unspecified atom stereocenters. The molecule has 1 aliphatic heterocycles. The van der Waals surface area contributed by atoms with Gasteiger partial charge in [0.05, 0.1) is 40.7 Å². The van der Waals surface area contributed by atoms with Crippen LogP contribution in [0.15, 0.2) is 24.8 Å². The van der Waals surface area contributed by atoms with Gasteiger partial charge >= 0.3 is 5.97 Å². The Morgan fingerprint density at radius 3 is 2.58 bits per heavy atom. The number of carbonyl (C=O) groups is 2. The molecule has 228 valence electrons. The number of amides is 1. The summed E-state index contributed by atoms with van der Waals surface area (Å²) in [6, 6.07) is -0.656. The number of nitrogens with one attached hydrogen (secondary N) is 2. The topological polar surface area (TPSA) is 198 Å². The number of anilines is 2. The van der Waals surface area contributed by atoms with Gasteiger partial charge in [-0.1, -0.05) is 11.6 Å². The number of hydrogen-bond acceptors (Lipinski definition) is 10. The van der Waals surface area contributed by atoms with Crippen LogP contribution in [0.1, 0.15) is 20.3 Å². The Bertz CT molecular complexity index is 1750. The van der Waals surface area contributed by atoms with E-state index in [1.54, 1.807) is 13.8 Å². The number of aliphatic hydroxyl groups excluding tert-OH is 3. The van der Waals surface area contributed by atoms with Crippen LogP contribution in [0.4, 0.5) is 20.3 Å². The van der Waals surface area contributed by atoms with Crippen molar-refractivity contribution in [2.75, 3.05) is 10.2 Å². The molecule has 2 aliphatic rings. The number of nitrogens with zero attached hydrogens (tertiary/aromatic N) is 5. The second kappa shape index (κ2) is 10.6. The quantitative estimate of drug-likeness (QED) is 0.175. The minimum Gasteiger partial charge on any atom is -0.479 e. The number of carbonyl (C=O) groups excluding carboxylic acids is 1. The largest absolute Gasteiger partial charge is 0.479 e. The van der Waals surface area contributed by atoms with Gasteiger partial charge in [0.1, 0.15) is 30.2 Å². The van der Waals surface area contributed by atoms with Crippen LogP contribution in [0.25, 0.3) is 27.8 Å². The van der Waals surface area contributed by atoms with Crippen molar-refractivity contribution in [3.05, 3.63) is 35.6 Å². The normalized spacial score (nSPS) is 27.1. The fourth-order valence-electron chi connectivity index (χ4n) is 5.31. The molecule has 0 spiro atoms. The Labute approximate surface area is 245 Å². The molecule has 14 nitrogen and oxygen atoms in total. The van der Waals surface area contributed by atoms with E-state index < -0.39 is 71.5 Å². The molecular weight excluding hydrogens is 596 g/mol. The number of rotatable bonds is 7. The highest BCUT2D eigenvalue weighted by atomic mass is 35.5. The lowest BCUT2D eigenvalue weighted by molar-refractivity contribution is -0.228. The van der Waals surface area contributed by atoms with Crippen LogP contribution in [0.2, 0.25) is 5.02 Å². The van der Waals surface area contributed by atoms with Crippen molar-refractivity contribution >= 4 is 51.5 Å². The van der Waals surface area contributed by atoms with E-state index in [1.807, 2.05) is 0 Å². The number of hydrogen-bond donors (Lipinski definition) is 6. The lowest BCUT2D eigenvalue weighted by Crippen LogP contribution is -2.65. The Kier molecular flexibility index (Phi) is 7.21. The molecule has 3 aromatic heterocycles. The number of aliphatic hydroxyl groups is 3. The minimum atomic E-state index is -1.94. The molecule has 6 rings (SSSR count). The van der Waals surface area contributed by atoms with Crippen LogP contribution in [0, 0.1) is 11.7 Å². The minimum absolute atomic E-state index is 0.0968. The summed E-state index contributed by atoms with van der Waals surface area (Å²) >= 11 is 6.62. The predicted molar refractivity (Wildman–Crippen MR) is 147 cm³/mol. The Morgan fingerprint density at radius 1 is 1.21 bits per heavy atom. The fraction of sp³-hybridized carbons (Fsp3) is 0.423. The van der Waals surface area contributed by atoms with Gasteiger partial charge in [-0.05, 0) is 20.3 Å². The molecule has 1 aliphatic carbocycles. The summed E-state index contributed by atoms with van der Waals surface area (Å²) in [5, 5.41) is 50.1. The molecule has 4 aromatic rings. The summed E-state index contributed by atoms with van der Waals surface area (Å²) in [6.45, 7) is 3.24. The number of H-pyrrole nitrogens is 1. The monoisotopic (exact) mass is 621 g/mol. The van der Waals surface area contributed by atoms with E-state index in [-0.39, 0.29) is 34.7 Å². The van der Waals surface area contributed by atoms with Crippen molar-refractivity contribution in [3.63, 3.8) is 0 Å². The molecule has 2 fully saturated rings. The first-order valence-corrected chi connectivity index (χ1v) is 13.6. The van der Waals surface area contributed by atoms with Gasteiger partial charge in [-0.15, -0.1) is 0 Å². The van der Waals surface area contributed by atoms with Gasteiger partial charge in [0, 0.05) is 23.2 Å². The third-order valence-electron chi connectivity index (χ3n) is 7.58. The van der Waals surface area contributed by atoms with E-state index in [1.165, 1.54) is 34.1 Å². The molecule has 4 heterocycles. The van der Waals surface area contributed by atoms with E-state index in [2.05, 4.69) is 25.5 Å². The maximum atomic E-state index is 16.3. The Balaban J connectivity index is 1.42. The molecule has 43 heavy (non-hydrogen) atoms. The zero-order chi connectivity index (χ0) is 30.9. The van der Waals surface area contributed by atoms with Crippen molar-refractivity contribution in [1.29, 1.82) is 0 Å². The number of ether oxygens (including phenoxy) is 1. The Hall–Kier alpha value is -3.96.